The van der Waals surface area contributed by atoms with Crippen molar-refractivity contribution in [1.82, 2.24) is 0 Å². The third kappa shape index (κ3) is 2.83. The van der Waals surface area contributed by atoms with Crippen molar-refractivity contribution in [2.75, 3.05) is 25.6 Å². The fourth-order valence-electron chi connectivity index (χ4n) is 2.38. The molecule has 0 radical (unpaired) electrons. The van der Waals surface area contributed by atoms with Gasteiger partial charge < -0.3 is 25.0 Å². The van der Waals surface area contributed by atoms with Crippen LogP contribution >= 0.6 is 0 Å². The molecule has 1 saturated carbocycles. The fraction of sp³-hybridized carbons (Fsp3) is 0.600. The van der Waals surface area contributed by atoms with Crippen molar-refractivity contribution in [2.45, 2.75) is 32.4 Å². The SMILES string of the molecule is COc1ccc(NC2CC(O)C2(C)C)cc1OCCO. The second-order valence-corrected chi connectivity index (χ2v) is 5.71. The average molecular weight is 281 g/mol. The Morgan fingerprint density at radius 2 is 2.10 bits per heavy atom. The monoisotopic (exact) mass is 281 g/mol. The van der Waals surface area contributed by atoms with Crippen LogP contribution in [0.2, 0.25) is 0 Å². The number of methoxy groups -OCH3 is 1. The van der Waals surface area contributed by atoms with E-state index in [4.69, 9.17) is 14.6 Å². The summed E-state index contributed by atoms with van der Waals surface area (Å²) in [5.74, 6) is 1.24. The van der Waals surface area contributed by atoms with Gasteiger partial charge in [0.05, 0.1) is 19.8 Å². The first-order valence-electron chi connectivity index (χ1n) is 6.85. The Kier molecular flexibility index (Phi) is 4.40. The van der Waals surface area contributed by atoms with Crippen LogP contribution in [0.4, 0.5) is 5.69 Å². The van der Waals surface area contributed by atoms with E-state index in [9.17, 15) is 5.11 Å². The van der Waals surface area contributed by atoms with Crippen molar-refractivity contribution in [3.8, 4) is 11.5 Å². The lowest BCUT2D eigenvalue weighted by Gasteiger charge is -2.49. The summed E-state index contributed by atoms with van der Waals surface area (Å²) in [7, 11) is 1.58. The van der Waals surface area contributed by atoms with Crippen molar-refractivity contribution < 1.29 is 19.7 Å². The minimum absolute atomic E-state index is 0.0390. The Balaban J connectivity index is 2.09. The maximum atomic E-state index is 9.76. The van der Waals surface area contributed by atoms with Crippen LogP contribution in [-0.4, -0.2) is 42.7 Å². The molecule has 3 N–H and O–H groups in total. The van der Waals surface area contributed by atoms with Crippen molar-refractivity contribution in [1.29, 1.82) is 0 Å². The minimum atomic E-state index is -0.261. The number of ether oxygens (including phenoxy) is 2. The summed E-state index contributed by atoms with van der Waals surface area (Å²) in [6, 6.07) is 5.84. The van der Waals surface area contributed by atoms with Gasteiger partial charge in [-0.05, 0) is 18.6 Å². The number of aliphatic hydroxyl groups is 2. The van der Waals surface area contributed by atoms with Gasteiger partial charge in [0, 0.05) is 23.2 Å². The van der Waals surface area contributed by atoms with E-state index in [1.807, 2.05) is 32.0 Å². The summed E-state index contributed by atoms with van der Waals surface area (Å²) in [5.41, 5.74) is 0.787. The first-order valence-corrected chi connectivity index (χ1v) is 6.85. The quantitative estimate of drug-likeness (QED) is 0.739. The van der Waals surface area contributed by atoms with Crippen molar-refractivity contribution >= 4 is 5.69 Å². The normalized spacial score (nSPS) is 23.9. The van der Waals surface area contributed by atoms with E-state index in [2.05, 4.69) is 5.32 Å². The molecule has 0 aromatic heterocycles. The molecular formula is C15H23NO4. The lowest BCUT2D eigenvalue weighted by atomic mass is 9.64. The topological polar surface area (TPSA) is 71.0 Å². The zero-order valence-corrected chi connectivity index (χ0v) is 12.2. The van der Waals surface area contributed by atoms with Gasteiger partial charge in [0.25, 0.3) is 0 Å². The van der Waals surface area contributed by atoms with Gasteiger partial charge in [0.2, 0.25) is 0 Å². The van der Waals surface area contributed by atoms with Gasteiger partial charge in [0.15, 0.2) is 11.5 Å². The summed E-state index contributed by atoms with van der Waals surface area (Å²) >= 11 is 0. The van der Waals surface area contributed by atoms with Gasteiger partial charge in [-0.15, -0.1) is 0 Å². The Morgan fingerprint density at radius 1 is 1.35 bits per heavy atom. The van der Waals surface area contributed by atoms with Gasteiger partial charge in [-0.1, -0.05) is 13.8 Å². The highest BCUT2D eigenvalue weighted by atomic mass is 16.5. The highest BCUT2D eigenvalue weighted by Gasteiger charge is 2.47. The van der Waals surface area contributed by atoms with E-state index in [0.717, 1.165) is 12.1 Å². The molecule has 1 aromatic carbocycles. The van der Waals surface area contributed by atoms with Crippen molar-refractivity contribution in [3.05, 3.63) is 18.2 Å². The third-order valence-corrected chi connectivity index (χ3v) is 4.07. The number of rotatable bonds is 6. The largest absolute Gasteiger partial charge is 0.493 e. The van der Waals surface area contributed by atoms with E-state index in [0.29, 0.717) is 11.5 Å². The van der Waals surface area contributed by atoms with Gasteiger partial charge in [-0.2, -0.15) is 0 Å². The molecule has 1 fully saturated rings. The molecule has 5 nitrogen and oxygen atoms in total. The molecular weight excluding hydrogens is 258 g/mol. The van der Waals surface area contributed by atoms with Crippen LogP contribution in [0.25, 0.3) is 0 Å². The van der Waals surface area contributed by atoms with Crippen LogP contribution in [0.1, 0.15) is 20.3 Å². The highest BCUT2D eigenvalue weighted by Crippen LogP contribution is 2.43. The Labute approximate surface area is 119 Å². The molecule has 1 aliphatic rings. The van der Waals surface area contributed by atoms with Crippen LogP contribution in [0.5, 0.6) is 11.5 Å². The van der Waals surface area contributed by atoms with Gasteiger partial charge >= 0.3 is 0 Å². The molecule has 0 bridgehead atoms. The molecule has 20 heavy (non-hydrogen) atoms. The number of aliphatic hydroxyl groups excluding tert-OH is 2. The zero-order valence-electron chi connectivity index (χ0n) is 12.2. The van der Waals surface area contributed by atoms with E-state index >= 15 is 0 Å². The predicted octanol–water partition coefficient (Wildman–Crippen LogP) is 1.64. The van der Waals surface area contributed by atoms with E-state index < -0.39 is 0 Å². The number of nitrogens with one attached hydrogen (secondary N) is 1. The lowest BCUT2D eigenvalue weighted by molar-refractivity contribution is -0.0510. The highest BCUT2D eigenvalue weighted by molar-refractivity contribution is 5.55. The van der Waals surface area contributed by atoms with Crippen LogP contribution in [-0.2, 0) is 0 Å². The Hall–Kier alpha value is -1.46. The maximum absolute atomic E-state index is 9.76. The van der Waals surface area contributed by atoms with E-state index in [1.165, 1.54) is 0 Å². The predicted molar refractivity (Wildman–Crippen MR) is 77.4 cm³/mol. The lowest BCUT2D eigenvalue weighted by Crippen LogP contribution is -2.56. The first-order chi connectivity index (χ1) is 9.48. The Morgan fingerprint density at radius 3 is 2.65 bits per heavy atom. The molecule has 1 aliphatic carbocycles. The molecule has 0 saturated heterocycles. The number of hydrogen-bond acceptors (Lipinski definition) is 5. The molecule has 0 spiro atoms. The summed E-state index contributed by atoms with van der Waals surface area (Å²) in [6.07, 6.45) is 0.481. The van der Waals surface area contributed by atoms with Crippen molar-refractivity contribution in [3.63, 3.8) is 0 Å². The molecule has 1 aromatic rings. The van der Waals surface area contributed by atoms with E-state index in [1.54, 1.807) is 7.11 Å². The molecule has 0 amide bonds. The van der Waals surface area contributed by atoms with Crippen LogP contribution in [0.3, 0.4) is 0 Å². The summed E-state index contributed by atoms with van der Waals surface area (Å²) in [6.45, 7) is 4.28. The second-order valence-electron chi connectivity index (χ2n) is 5.71. The molecule has 2 unspecified atom stereocenters. The minimum Gasteiger partial charge on any atom is -0.493 e. The van der Waals surface area contributed by atoms with Crippen LogP contribution < -0.4 is 14.8 Å². The molecule has 2 rings (SSSR count). The van der Waals surface area contributed by atoms with Crippen LogP contribution in [0, 0.1) is 5.41 Å². The van der Waals surface area contributed by atoms with Crippen LogP contribution in [0.15, 0.2) is 18.2 Å². The smallest absolute Gasteiger partial charge is 0.163 e. The van der Waals surface area contributed by atoms with Gasteiger partial charge in [-0.3, -0.25) is 0 Å². The molecule has 2 atom stereocenters. The standard InChI is InChI=1S/C15H23NO4/c1-15(2)13(9-14(15)18)16-10-4-5-11(19-3)12(8-10)20-7-6-17/h4-5,8,13-14,16-18H,6-7,9H2,1-3H3. The summed E-state index contributed by atoms with van der Waals surface area (Å²) < 4.78 is 10.7. The fourth-order valence-corrected chi connectivity index (χ4v) is 2.38. The average Bonchev–Trinajstić information content (AvgIpc) is 2.45. The van der Waals surface area contributed by atoms with E-state index in [-0.39, 0.29) is 30.8 Å². The number of anilines is 1. The molecule has 5 heteroatoms. The number of benzene rings is 1. The van der Waals surface area contributed by atoms with Gasteiger partial charge in [0.1, 0.15) is 6.61 Å². The second kappa shape index (κ2) is 5.89. The summed E-state index contributed by atoms with van der Waals surface area (Å²) in [4.78, 5) is 0. The molecule has 0 heterocycles. The van der Waals surface area contributed by atoms with Gasteiger partial charge in [-0.25, -0.2) is 0 Å². The molecule has 112 valence electrons. The summed E-state index contributed by atoms with van der Waals surface area (Å²) in [5, 5.41) is 22.0. The number of hydrogen-bond donors (Lipinski definition) is 3. The zero-order chi connectivity index (χ0) is 14.8. The molecule has 0 aliphatic heterocycles. The first kappa shape index (κ1) is 14.9. The van der Waals surface area contributed by atoms with Crippen molar-refractivity contribution in [2.24, 2.45) is 5.41 Å². The Bertz CT molecular complexity index is 461. The maximum Gasteiger partial charge on any atom is 0.163 e. The third-order valence-electron chi connectivity index (χ3n) is 4.07.